The van der Waals surface area contributed by atoms with Gasteiger partial charge < -0.3 is 18.6 Å². The lowest BCUT2D eigenvalue weighted by atomic mass is 10.1. The molecule has 4 aromatic rings. The van der Waals surface area contributed by atoms with Crippen molar-refractivity contribution in [1.82, 2.24) is 0 Å². The van der Waals surface area contributed by atoms with Gasteiger partial charge >= 0.3 is 18.1 Å². The first-order chi connectivity index (χ1) is 26.4. The molecule has 0 bridgehead atoms. The molecule has 1 heterocycles. The van der Waals surface area contributed by atoms with Crippen molar-refractivity contribution in [1.29, 1.82) is 5.26 Å². The number of hydrogen-bond donors (Lipinski definition) is 0. The summed E-state index contributed by atoms with van der Waals surface area (Å²) in [7, 11) is 0. The summed E-state index contributed by atoms with van der Waals surface area (Å²) in [4.78, 5) is 25.0. The van der Waals surface area contributed by atoms with Crippen LogP contribution in [0.2, 0.25) is 0 Å². The van der Waals surface area contributed by atoms with Crippen LogP contribution >= 0.6 is 11.6 Å². The number of nitrogens with zero attached hydrogens (tertiary/aromatic N) is 1. The van der Waals surface area contributed by atoms with Crippen LogP contribution < -0.4 is 4.74 Å². The highest BCUT2D eigenvalue weighted by atomic mass is 35.5. The Bertz CT molecular complexity index is 2090. The van der Waals surface area contributed by atoms with E-state index in [1.54, 1.807) is 56.5 Å². The number of benzene rings is 3. The second-order valence-electron chi connectivity index (χ2n) is 15.5. The zero-order valence-electron chi connectivity index (χ0n) is 32.1. The van der Waals surface area contributed by atoms with Gasteiger partial charge in [0.15, 0.2) is 0 Å². The molecule has 0 N–H and O–H groups in total. The van der Waals surface area contributed by atoms with Gasteiger partial charge in [0.2, 0.25) is 6.10 Å². The highest BCUT2D eigenvalue weighted by molar-refractivity contribution is 6.30. The molecule has 0 aliphatic heterocycles. The molecule has 0 saturated heterocycles. The second kappa shape index (κ2) is 17.3. The van der Waals surface area contributed by atoms with Gasteiger partial charge in [0.1, 0.15) is 35.0 Å². The van der Waals surface area contributed by atoms with Crippen LogP contribution in [-0.4, -0.2) is 18.1 Å². The molecule has 2 fully saturated rings. The van der Waals surface area contributed by atoms with E-state index in [2.05, 4.69) is 45.9 Å². The van der Waals surface area contributed by atoms with E-state index in [1.165, 1.54) is 11.1 Å². The lowest BCUT2D eigenvalue weighted by molar-refractivity contribution is -0.149. The largest absolute Gasteiger partial charge is 0.469 e. The first kappa shape index (κ1) is 41.9. The van der Waals surface area contributed by atoms with E-state index in [-0.39, 0.29) is 29.8 Å². The molecular weight excluding hydrogens is 743 g/mol. The molecule has 3 aromatic carbocycles. The lowest BCUT2D eigenvalue weighted by Gasteiger charge is -2.13. The molecule has 2 unspecified atom stereocenters. The van der Waals surface area contributed by atoms with Gasteiger partial charge in [-0.05, 0) is 72.4 Å². The van der Waals surface area contributed by atoms with Crippen molar-refractivity contribution in [3.63, 3.8) is 0 Å². The van der Waals surface area contributed by atoms with E-state index >= 15 is 0 Å². The molecule has 6 rings (SSSR count). The smallest absolute Gasteiger partial charge is 0.426 e. The number of allylic oxidation sites excluding steroid dienone is 4. The zero-order chi connectivity index (χ0) is 40.8. The minimum atomic E-state index is -4.68. The van der Waals surface area contributed by atoms with Gasteiger partial charge in [0.05, 0.1) is 18.1 Å². The number of furan rings is 1. The summed E-state index contributed by atoms with van der Waals surface area (Å²) in [5.74, 6) is -0.264. The first-order valence-electron chi connectivity index (χ1n) is 18.2. The monoisotopic (exact) mass is 787 g/mol. The minimum Gasteiger partial charge on any atom is -0.469 e. The topological polar surface area (TPSA) is 98.8 Å². The summed E-state index contributed by atoms with van der Waals surface area (Å²) in [6.45, 7) is 11.9. The van der Waals surface area contributed by atoms with Gasteiger partial charge in [0, 0.05) is 17.5 Å². The van der Waals surface area contributed by atoms with Crippen LogP contribution in [0.15, 0.2) is 124 Å². The molecule has 0 amide bonds. The van der Waals surface area contributed by atoms with E-state index in [1.807, 2.05) is 48.5 Å². The maximum absolute atomic E-state index is 12.7. The van der Waals surface area contributed by atoms with E-state index < -0.39 is 40.5 Å². The third-order valence-corrected chi connectivity index (χ3v) is 10.6. The van der Waals surface area contributed by atoms with Crippen molar-refractivity contribution < 1.29 is 41.4 Å². The number of carbonyl (C=O) groups is 2. The number of hydrogen-bond acceptors (Lipinski definition) is 7. The zero-order valence-corrected chi connectivity index (χ0v) is 32.9. The maximum atomic E-state index is 12.7. The predicted molar refractivity (Wildman–Crippen MR) is 206 cm³/mol. The molecule has 1 aromatic heterocycles. The van der Waals surface area contributed by atoms with Crippen molar-refractivity contribution in [3.05, 3.63) is 142 Å². The molecule has 0 spiro atoms. The first-order valence-corrected chi connectivity index (χ1v) is 18.6. The number of alkyl halides is 3. The molecule has 294 valence electrons. The van der Waals surface area contributed by atoms with Gasteiger partial charge in [-0.25, -0.2) is 0 Å². The number of para-hydroxylation sites is 1. The van der Waals surface area contributed by atoms with Crippen LogP contribution in [0.4, 0.5) is 13.2 Å². The third kappa shape index (κ3) is 10.5. The molecule has 2 aliphatic rings. The van der Waals surface area contributed by atoms with Gasteiger partial charge in [-0.3, -0.25) is 9.59 Å². The van der Waals surface area contributed by atoms with Crippen molar-refractivity contribution in [2.75, 3.05) is 0 Å². The summed E-state index contributed by atoms with van der Waals surface area (Å²) in [6.07, 6.45) is -0.468. The molecule has 7 nitrogen and oxygen atoms in total. The molecule has 56 heavy (non-hydrogen) atoms. The Hall–Kier alpha value is -5.27. The van der Waals surface area contributed by atoms with Gasteiger partial charge in [-0.1, -0.05) is 118 Å². The minimum absolute atomic E-state index is 0.0107. The molecule has 11 heteroatoms. The molecular formula is C45H45ClF3NO6. The third-order valence-electron chi connectivity index (χ3n) is 10.2. The molecule has 5 atom stereocenters. The Morgan fingerprint density at radius 2 is 1.43 bits per heavy atom. The average molecular weight is 788 g/mol. The van der Waals surface area contributed by atoms with Gasteiger partial charge in [-0.2, -0.15) is 18.4 Å². The fraction of sp³-hybridized carbons (Fsp3) is 0.356. The van der Waals surface area contributed by atoms with Crippen LogP contribution in [0.25, 0.3) is 0 Å². The Kier molecular flexibility index (Phi) is 12.9. The fourth-order valence-electron chi connectivity index (χ4n) is 6.85. The number of esters is 2. The quantitative estimate of drug-likeness (QED) is 0.104. The number of halogens is 4. The van der Waals surface area contributed by atoms with Gasteiger partial charge in [-0.15, -0.1) is 0 Å². The highest BCUT2D eigenvalue weighted by Gasteiger charge is 2.63. The summed E-state index contributed by atoms with van der Waals surface area (Å²) >= 11 is 5.32. The van der Waals surface area contributed by atoms with Gasteiger partial charge in [0.25, 0.3) is 0 Å². The Morgan fingerprint density at radius 1 is 0.839 bits per heavy atom. The van der Waals surface area contributed by atoms with Crippen LogP contribution in [-0.2, 0) is 32.1 Å². The molecule has 0 radical (unpaired) electrons. The normalized spacial score (nSPS) is 20.9. The fourth-order valence-corrected chi connectivity index (χ4v) is 6.98. The standard InChI is InChI=1S/C23H19ClF3NO3.C22H26O3/c1-22(2)17(12-19(24)23(25,26)27)20(22)21(29)31-18(13-28)14-7-6-10-16(11-14)30-15-8-4-3-5-9-15;1-15(2)10-19-20(22(19,3)4)21(23)25-14-17-12-18(24-13-17)11-16-8-6-5-7-9-16/h3-12,17-18,20H,1-2H3;5-10,12-13,19-20H,11,14H2,1-4H3/b19-12-;/t17-,18+,20-;/m0./s1. The SMILES string of the molecule is CC(C)=CC1C(C(=O)OCc2coc(Cc3ccccc3)c2)C1(C)C.CC1(C)[C@H](C(=O)O[C@H](C#N)c2cccc(Oc3ccccc3)c2)[C@@H]1/C=C(\Cl)C(F)(F)F. The van der Waals surface area contributed by atoms with Crippen LogP contribution in [0.1, 0.15) is 70.1 Å². The molecule has 2 saturated carbocycles. The van der Waals surface area contributed by atoms with E-state index in [0.717, 1.165) is 23.8 Å². The van der Waals surface area contributed by atoms with Crippen LogP contribution in [0.5, 0.6) is 11.5 Å². The Balaban J connectivity index is 0.000000219. The number of carbonyl (C=O) groups excluding carboxylic acids is 2. The van der Waals surface area contributed by atoms with Crippen molar-refractivity contribution in [2.45, 2.75) is 66.9 Å². The van der Waals surface area contributed by atoms with Crippen molar-refractivity contribution >= 4 is 23.5 Å². The number of rotatable bonds is 12. The van der Waals surface area contributed by atoms with Crippen LogP contribution in [0.3, 0.4) is 0 Å². The lowest BCUT2D eigenvalue weighted by Crippen LogP contribution is -2.14. The van der Waals surface area contributed by atoms with Crippen LogP contribution in [0, 0.1) is 45.8 Å². The molecule has 2 aliphatic carbocycles. The summed E-state index contributed by atoms with van der Waals surface area (Å²) in [6, 6.07) is 29.6. The van der Waals surface area contributed by atoms with Crippen molar-refractivity contribution in [2.24, 2.45) is 34.5 Å². The number of ether oxygens (including phenoxy) is 3. The van der Waals surface area contributed by atoms with Crippen molar-refractivity contribution in [3.8, 4) is 17.6 Å². The maximum Gasteiger partial charge on any atom is 0.426 e. The Morgan fingerprint density at radius 3 is 2.04 bits per heavy atom. The average Bonchev–Trinajstić information content (AvgIpc) is 3.75. The summed E-state index contributed by atoms with van der Waals surface area (Å²) < 4.78 is 60.4. The predicted octanol–water partition coefficient (Wildman–Crippen LogP) is 11.7. The summed E-state index contributed by atoms with van der Waals surface area (Å²) in [5.41, 5.74) is 2.96. The van der Waals surface area contributed by atoms with E-state index in [4.69, 9.17) is 30.2 Å². The summed E-state index contributed by atoms with van der Waals surface area (Å²) in [5, 5.41) is 8.23. The second-order valence-corrected chi connectivity index (χ2v) is 15.9. The van der Waals surface area contributed by atoms with E-state index in [9.17, 15) is 28.0 Å². The van der Waals surface area contributed by atoms with E-state index in [0.29, 0.717) is 17.1 Å². The Labute approximate surface area is 330 Å². The number of nitriles is 1. The highest BCUT2D eigenvalue weighted by Crippen LogP contribution is 2.61.